The molecule has 1 aliphatic carbocycles. The molecule has 0 bridgehead atoms. The molecule has 2 N–H and O–H groups in total. The third-order valence-electron chi connectivity index (χ3n) is 4.09. The number of hydrogen-bond acceptors (Lipinski definition) is 3. The monoisotopic (exact) mass is 301 g/mol. The van der Waals surface area contributed by atoms with E-state index in [1.54, 1.807) is 24.3 Å². The smallest absolute Gasteiger partial charge is 0.344 e. The number of allylic oxidation sites excluding steroid dienone is 2. The summed E-state index contributed by atoms with van der Waals surface area (Å²) in [7, 11) is 0. The minimum atomic E-state index is -4.41. The van der Waals surface area contributed by atoms with Crippen molar-refractivity contribution in [2.75, 3.05) is 13.1 Å². The van der Waals surface area contributed by atoms with Crippen LogP contribution < -0.4 is 5.73 Å². The van der Waals surface area contributed by atoms with Crippen molar-refractivity contribution in [2.24, 2.45) is 16.1 Å². The number of nitrogens with two attached hydrogens (primary N) is 1. The van der Waals surface area contributed by atoms with Crippen molar-refractivity contribution in [1.29, 1.82) is 0 Å². The molecular formula is C15H22F3N3. The molecule has 2 aliphatic rings. The summed E-state index contributed by atoms with van der Waals surface area (Å²) in [6.07, 6.45) is 4.10. The summed E-state index contributed by atoms with van der Waals surface area (Å²) in [4.78, 5) is 5.26. The van der Waals surface area contributed by atoms with Crippen LogP contribution in [0.4, 0.5) is 13.2 Å². The summed E-state index contributed by atoms with van der Waals surface area (Å²) in [5.74, 6) is -0.753. The molecule has 1 aliphatic heterocycles. The first-order valence-electron chi connectivity index (χ1n) is 7.21. The second kappa shape index (κ2) is 5.83. The van der Waals surface area contributed by atoms with Gasteiger partial charge in [0, 0.05) is 6.54 Å². The lowest BCUT2D eigenvalue weighted by molar-refractivity contribution is -0.0684. The largest absolute Gasteiger partial charge is 0.449 e. The number of rotatable bonds is 5. The van der Waals surface area contributed by atoms with Crippen LogP contribution >= 0.6 is 0 Å². The standard InChI is InChI=1S/C15H22F3N3/c1-14(2,7-9-19)8-10-21-12-6-4-3-5-11(12)20-13(21)15(16,17)18/h3-6,11-12H,7-10,19H2,1-2H3. The van der Waals surface area contributed by atoms with Crippen LogP contribution in [0.15, 0.2) is 29.3 Å². The molecular weight excluding hydrogens is 279 g/mol. The third-order valence-corrected chi connectivity index (χ3v) is 4.09. The molecule has 6 heteroatoms. The lowest BCUT2D eigenvalue weighted by Gasteiger charge is -2.33. The van der Waals surface area contributed by atoms with Crippen LogP contribution in [-0.2, 0) is 0 Å². The highest BCUT2D eigenvalue weighted by molar-refractivity contribution is 5.90. The Hall–Kier alpha value is -1.30. The number of amidine groups is 1. The van der Waals surface area contributed by atoms with Crippen LogP contribution in [0.2, 0.25) is 0 Å². The van der Waals surface area contributed by atoms with E-state index in [4.69, 9.17) is 5.73 Å². The molecule has 118 valence electrons. The quantitative estimate of drug-likeness (QED) is 0.848. The van der Waals surface area contributed by atoms with Gasteiger partial charge >= 0.3 is 6.18 Å². The van der Waals surface area contributed by atoms with Crippen LogP contribution in [0, 0.1) is 5.41 Å². The van der Waals surface area contributed by atoms with Crippen LogP contribution in [0.25, 0.3) is 0 Å². The van der Waals surface area contributed by atoms with E-state index in [-0.39, 0.29) is 11.5 Å². The zero-order valence-electron chi connectivity index (χ0n) is 12.4. The fraction of sp³-hybridized carbons (Fsp3) is 0.667. The summed E-state index contributed by atoms with van der Waals surface area (Å²) in [6, 6.07) is -0.746. The predicted molar refractivity (Wildman–Crippen MR) is 78.1 cm³/mol. The molecule has 2 atom stereocenters. The van der Waals surface area contributed by atoms with E-state index in [2.05, 4.69) is 4.99 Å². The lowest BCUT2D eigenvalue weighted by atomic mass is 9.85. The maximum Gasteiger partial charge on any atom is 0.449 e. The van der Waals surface area contributed by atoms with Gasteiger partial charge in [-0.25, -0.2) is 0 Å². The van der Waals surface area contributed by atoms with Gasteiger partial charge in [0.2, 0.25) is 5.84 Å². The van der Waals surface area contributed by atoms with Crippen LogP contribution in [-0.4, -0.2) is 42.1 Å². The Kier molecular flexibility index (Phi) is 4.46. The number of nitrogens with zero attached hydrogens (tertiary/aromatic N) is 2. The van der Waals surface area contributed by atoms with Gasteiger partial charge in [-0.15, -0.1) is 0 Å². The molecule has 0 fully saturated rings. The number of fused-ring (bicyclic) bond motifs is 1. The Morgan fingerprint density at radius 2 is 1.86 bits per heavy atom. The average molecular weight is 301 g/mol. The van der Waals surface area contributed by atoms with Gasteiger partial charge in [-0.3, -0.25) is 4.99 Å². The summed E-state index contributed by atoms with van der Waals surface area (Å²) in [5, 5.41) is 0. The molecule has 2 rings (SSSR count). The number of aliphatic imine (C=N–C) groups is 1. The first-order valence-corrected chi connectivity index (χ1v) is 7.21. The molecule has 3 nitrogen and oxygen atoms in total. The third kappa shape index (κ3) is 3.67. The van der Waals surface area contributed by atoms with Gasteiger partial charge in [-0.05, 0) is 24.8 Å². The molecule has 0 radical (unpaired) electrons. The summed E-state index contributed by atoms with van der Waals surface area (Å²) in [6.45, 7) is 4.95. The molecule has 1 heterocycles. The summed E-state index contributed by atoms with van der Waals surface area (Å²) >= 11 is 0. The van der Waals surface area contributed by atoms with Crippen LogP contribution in [0.5, 0.6) is 0 Å². The van der Waals surface area contributed by atoms with Crippen molar-refractivity contribution in [3.8, 4) is 0 Å². The zero-order valence-corrected chi connectivity index (χ0v) is 12.4. The fourth-order valence-corrected chi connectivity index (χ4v) is 2.78. The molecule has 0 amide bonds. The molecule has 0 aromatic heterocycles. The van der Waals surface area contributed by atoms with Gasteiger partial charge < -0.3 is 10.6 Å². The minimum Gasteiger partial charge on any atom is -0.344 e. The van der Waals surface area contributed by atoms with Crippen molar-refractivity contribution in [1.82, 2.24) is 4.90 Å². The SMILES string of the molecule is CC(C)(CCN)CCN1C(C(F)(F)F)=NC2C=CC=CC21. The molecule has 0 aromatic rings. The maximum atomic E-state index is 13.2. The Morgan fingerprint density at radius 3 is 2.48 bits per heavy atom. The Labute approximate surface area is 123 Å². The molecule has 0 spiro atoms. The van der Waals surface area contributed by atoms with Crippen LogP contribution in [0.3, 0.4) is 0 Å². The van der Waals surface area contributed by atoms with Gasteiger partial charge in [0.1, 0.15) is 0 Å². The lowest BCUT2D eigenvalue weighted by Crippen LogP contribution is -2.45. The van der Waals surface area contributed by atoms with Gasteiger partial charge in [-0.2, -0.15) is 13.2 Å². The van der Waals surface area contributed by atoms with E-state index < -0.39 is 18.1 Å². The molecule has 0 saturated heterocycles. The average Bonchev–Trinajstić information content (AvgIpc) is 2.75. The Balaban J connectivity index is 2.13. The van der Waals surface area contributed by atoms with Gasteiger partial charge in [-0.1, -0.05) is 38.2 Å². The van der Waals surface area contributed by atoms with Gasteiger partial charge in [0.05, 0.1) is 12.1 Å². The van der Waals surface area contributed by atoms with Crippen molar-refractivity contribution < 1.29 is 13.2 Å². The van der Waals surface area contributed by atoms with Crippen molar-refractivity contribution in [2.45, 2.75) is 44.9 Å². The van der Waals surface area contributed by atoms with Crippen molar-refractivity contribution >= 4 is 5.84 Å². The zero-order chi connectivity index (χ0) is 15.7. The second-order valence-electron chi connectivity index (χ2n) is 6.35. The number of halogens is 3. The van der Waals surface area contributed by atoms with E-state index in [9.17, 15) is 13.2 Å². The highest BCUT2D eigenvalue weighted by atomic mass is 19.4. The number of hydrogen-bond donors (Lipinski definition) is 1. The fourth-order valence-electron chi connectivity index (χ4n) is 2.78. The normalized spacial score (nSPS) is 25.2. The van der Waals surface area contributed by atoms with Crippen LogP contribution in [0.1, 0.15) is 26.7 Å². The van der Waals surface area contributed by atoms with Crippen molar-refractivity contribution in [3.63, 3.8) is 0 Å². The maximum absolute atomic E-state index is 13.2. The topological polar surface area (TPSA) is 41.6 Å². The van der Waals surface area contributed by atoms with E-state index in [1.807, 2.05) is 13.8 Å². The minimum absolute atomic E-state index is 0.0717. The van der Waals surface area contributed by atoms with E-state index in [1.165, 1.54) is 4.90 Å². The van der Waals surface area contributed by atoms with Gasteiger partial charge in [0.25, 0.3) is 0 Å². The van der Waals surface area contributed by atoms with E-state index >= 15 is 0 Å². The summed E-state index contributed by atoms with van der Waals surface area (Å²) in [5.41, 5.74) is 5.49. The highest BCUT2D eigenvalue weighted by Gasteiger charge is 2.47. The predicted octanol–water partition coefficient (Wildman–Crippen LogP) is 2.89. The molecule has 21 heavy (non-hydrogen) atoms. The highest BCUT2D eigenvalue weighted by Crippen LogP contribution is 2.33. The van der Waals surface area contributed by atoms with E-state index in [0.29, 0.717) is 19.5 Å². The Morgan fingerprint density at radius 1 is 1.19 bits per heavy atom. The number of alkyl halides is 3. The van der Waals surface area contributed by atoms with Crippen molar-refractivity contribution in [3.05, 3.63) is 24.3 Å². The Bertz CT molecular complexity index is 463. The van der Waals surface area contributed by atoms with E-state index in [0.717, 1.165) is 6.42 Å². The molecule has 0 aromatic carbocycles. The first kappa shape index (κ1) is 16.1. The molecule has 2 unspecified atom stereocenters. The first-order chi connectivity index (χ1) is 9.74. The molecule has 0 saturated carbocycles. The second-order valence-corrected chi connectivity index (χ2v) is 6.35. The van der Waals surface area contributed by atoms with Gasteiger partial charge in [0.15, 0.2) is 0 Å². The summed E-state index contributed by atoms with van der Waals surface area (Å²) < 4.78 is 39.5.